The third kappa shape index (κ3) is 1.71. The van der Waals surface area contributed by atoms with Crippen molar-refractivity contribution in [3.05, 3.63) is 11.1 Å². The maximum Gasteiger partial charge on any atom is 0.167 e. The van der Waals surface area contributed by atoms with E-state index in [0.29, 0.717) is 12.5 Å². The van der Waals surface area contributed by atoms with E-state index in [-0.39, 0.29) is 11.7 Å². The van der Waals surface area contributed by atoms with E-state index in [2.05, 4.69) is 12.1 Å². The molecule has 3 nitrogen and oxygen atoms in total. The molecule has 3 heteroatoms. The van der Waals surface area contributed by atoms with Gasteiger partial charge in [-0.1, -0.05) is 24.6 Å². The highest BCUT2D eigenvalue weighted by Crippen LogP contribution is 2.32. The van der Waals surface area contributed by atoms with Gasteiger partial charge in [-0.25, -0.2) is 0 Å². The van der Waals surface area contributed by atoms with E-state index in [9.17, 15) is 4.79 Å². The highest BCUT2D eigenvalue weighted by atomic mass is 16.6. The van der Waals surface area contributed by atoms with Crippen molar-refractivity contribution >= 4 is 11.5 Å². The Morgan fingerprint density at radius 1 is 1.33 bits per heavy atom. The second-order valence-corrected chi connectivity index (χ2v) is 4.58. The molecular weight excluding hydrogens is 190 g/mol. The van der Waals surface area contributed by atoms with Gasteiger partial charge in [-0.2, -0.15) is 0 Å². The molecule has 0 saturated carbocycles. The SMILES string of the molecule is CC1=C(C2=NOCC2)C(=O)C(C)CC1C. The van der Waals surface area contributed by atoms with E-state index < -0.39 is 0 Å². The number of oxime groups is 1. The van der Waals surface area contributed by atoms with Crippen LogP contribution in [0, 0.1) is 11.8 Å². The van der Waals surface area contributed by atoms with Crippen LogP contribution in [0.4, 0.5) is 0 Å². The number of nitrogens with zero attached hydrogens (tertiary/aromatic N) is 1. The fraction of sp³-hybridized carbons (Fsp3) is 0.667. The maximum absolute atomic E-state index is 12.1. The molecule has 0 spiro atoms. The molecular formula is C12H17NO2. The molecule has 0 saturated heterocycles. The number of carbonyl (C=O) groups excluding carboxylic acids is 1. The van der Waals surface area contributed by atoms with E-state index in [0.717, 1.165) is 24.1 Å². The molecule has 82 valence electrons. The minimum atomic E-state index is 0.127. The Kier molecular flexibility index (Phi) is 2.63. The van der Waals surface area contributed by atoms with Gasteiger partial charge in [0, 0.05) is 17.9 Å². The summed E-state index contributed by atoms with van der Waals surface area (Å²) in [7, 11) is 0. The molecule has 0 fully saturated rings. The summed E-state index contributed by atoms with van der Waals surface area (Å²) < 4.78 is 0. The number of hydrogen-bond donors (Lipinski definition) is 0. The van der Waals surface area contributed by atoms with E-state index in [1.165, 1.54) is 5.57 Å². The predicted octanol–water partition coefficient (Wildman–Crippen LogP) is 2.32. The normalized spacial score (nSPS) is 31.7. The van der Waals surface area contributed by atoms with Crippen molar-refractivity contribution in [2.24, 2.45) is 17.0 Å². The van der Waals surface area contributed by atoms with Crippen molar-refractivity contribution in [3.63, 3.8) is 0 Å². The first-order chi connectivity index (χ1) is 7.11. The molecule has 2 rings (SSSR count). The molecule has 0 radical (unpaired) electrons. The molecule has 2 unspecified atom stereocenters. The van der Waals surface area contributed by atoms with E-state index in [4.69, 9.17) is 4.84 Å². The fourth-order valence-electron chi connectivity index (χ4n) is 2.35. The number of carbonyl (C=O) groups is 1. The molecule has 1 aliphatic heterocycles. The second kappa shape index (κ2) is 3.80. The lowest BCUT2D eigenvalue weighted by Crippen LogP contribution is -2.28. The number of Topliss-reactive ketones (excluding diaryl/α,β-unsaturated/α-hetero) is 1. The third-order valence-electron chi connectivity index (χ3n) is 3.43. The van der Waals surface area contributed by atoms with Gasteiger partial charge >= 0.3 is 0 Å². The van der Waals surface area contributed by atoms with Crippen LogP contribution in [0.2, 0.25) is 0 Å². The van der Waals surface area contributed by atoms with E-state index >= 15 is 0 Å². The molecule has 0 aromatic rings. The number of rotatable bonds is 1. The molecule has 0 aromatic heterocycles. The molecule has 2 atom stereocenters. The number of hydrogen-bond acceptors (Lipinski definition) is 3. The van der Waals surface area contributed by atoms with Crippen LogP contribution in [0.1, 0.15) is 33.6 Å². The van der Waals surface area contributed by atoms with Gasteiger partial charge in [-0.3, -0.25) is 4.79 Å². The summed E-state index contributed by atoms with van der Waals surface area (Å²) in [6, 6.07) is 0. The topological polar surface area (TPSA) is 38.7 Å². The maximum atomic E-state index is 12.1. The summed E-state index contributed by atoms with van der Waals surface area (Å²) in [6.07, 6.45) is 1.74. The van der Waals surface area contributed by atoms with Gasteiger partial charge in [0.05, 0.1) is 5.71 Å². The van der Waals surface area contributed by atoms with Crippen molar-refractivity contribution in [1.29, 1.82) is 0 Å². The van der Waals surface area contributed by atoms with Crippen LogP contribution < -0.4 is 0 Å². The molecule has 0 aromatic carbocycles. The molecule has 2 aliphatic rings. The quantitative estimate of drug-likeness (QED) is 0.662. The predicted molar refractivity (Wildman–Crippen MR) is 58.7 cm³/mol. The molecule has 1 aliphatic carbocycles. The van der Waals surface area contributed by atoms with Crippen LogP contribution in [0.15, 0.2) is 16.3 Å². The van der Waals surface area contributed by atoms with Crippen molar-refractivity contribution in [3.8, 4) is 0 Å². The summed E-state index contributed by atoms with van der Waals surface area (Å²) in [5.74, 6) is 0.854. The minimum absolute atomic E-state index is 0.127. The number of allylic oxidation sites excluding steroid dienone is 2. The van der Waals surface area contributed by atoms with Gasteiger partial charge in [0.2, 0.25) is 0 Å². The zero-order chi connectivity index (χ0) is 11.0. The zero-order valence-electron chi connectivity index (χ0n) is 9.54. The zero-order valence-corrected chi connectivity index (χ0v) is 9.54. The lowest BCUT2D eigenvalue weighted by Gasteiger charge is -2.26. The largest absolute Gasteiger partial charge is 0.395 e. The molecule has 0 bridgehead atoms. The van der Waals surface area contributed by atoms with Crippen molar-refractivity contribution in [1.82, 2.24) is 0 Å². The van der Waals surface area contributed by atoms with E-state index in [1.807, 2.05) is 13.8 Å². The van der Waals surface area contributed by atoms with Gasteiger partial charge in [0.1, 0.15) is 6.61 Å². The van der Waals surface area contributed by atoms with Crippen LogP contribution in [-0.4, -0.2) is 18.1 Å². The first kappa shape index (κ1) is 10.4. The monoisotopic (exact) mass is 207 g/mol. The highest BCUT2D eigenvalue weighted by Gasteiger charge is 2.32. The van der Waals surface area contributed by atoms with Gasteiger partial charge in [0.15, 0.2) is 5.78 Å². The minimum Gasteiger partial charge on any atom is -0.395 e. The average molecular weight is 207 g/mol. The Morgan fingerprint density at radius 3 is 2.67 bits per heavy atom. The number of ketones is 1. The van der Waals surface area contributed by atoms with Crippen molar-refractivity contribution in [2.45, 2.75) is 33.6 Å². The van der Waals surface area contributed by atoms with Crippen molar-refractivity contribution < 1.29 is 9.63 Å². The lowest BCUT2D eigenvalue weighted by atomic mass is 9.76. The fourth-order valence-corrected chi connectivity index (χ4v) is 2.35. The first-order valence-corrected chi connectivity index (χ1v) is 5.55. The van der Waals surface area contributed by atoms with Crippen LogP contribution in [0.5, 0.6) is 0 Å². The van der Waals surface area contributed by atoms with Crippen LogP contribution >= 0.6 is 0 Å². The molecule has 1 heterocycles. The first-order valence-electron chi connectivity index (χ1n) is 5.55. The smallest absolute Gasteiger partial charge is 0.167 e. The van der Waals surface area contributed by atoms with E-state index in [1.54, 1.807) is 0 Å². The Hall–Kier alpha value is -1.12. The molecule has 0 N–H and O–H groups in total. The highest BCUT2D eigenvalue weighted by molar-refractivity contribution is 6.24. The second-order valence-electron chi connectivity index (χ2n) is 4.58. The Morgan fingerprint density at radius 2 is 2.07 bits per heavy atom. The Labute approximate surface area is 90.2 Å². The summed E-state index contributed by atoms with van der Waals surface area (Å²) in [5.41, 5.74) is 2.89. The standard InChI is InChI=1S/C12H17NO2/c1-7-6-8(2)12(14)11(9(7)3)10-4-5-15-13-10/h7-8H,4-6H2,1-3H3. The third-order valence-corrected chi connectivity index (χ3v) is 3.43. The molecule has 15 heavy (non-hydrogen) atoms. The van der Waals surface area contributed by atoms with Crippen LogP contribution in [0.25, 0.3) is 0 Å². The van der Waals surface area contributed by atoms with Crippen LogP contribution in [-0.2, 0) is 9.63 Å². The lowest BCUT2D eigenvalue weighted by molar-refractivity contribution is -0.119. The van der Waals surface area contributed by atoms with Gasteiger partial charge in [0.25, 0.3) is 0 Å². The molecule has 0 amide bonds. The summed E-state index contributed by atoms with van der Waals surface area (Å²) in [5, 5.41) is 3.97. The average Bonchev–Trinajstić information content (AvgIpc) is 2.69. The Balaban J connectivity index is 2.40. The van der Waals surface area contributed by atoms with Gasteiger partial charge < -0.3 is 4.84 Å². The van der Waals surface area contributed by atoms with Gasteiger partial charge in [-0.15, -0.1) is 0 Å². The van der Waals surface area contributed by atoms with Gasteiger partial charge in [-0.05, 0) is 19.3 Å². The van der Waals surface area contributed by atoms with Crippen molar-refractivity contribution in [2.75, 3.05) is 6.61 Å². The Bertz CT molecular complexity index is 355. The summed E-state index contributed by atoms with van der Waals surface area (Å²) >= 11 is 0. The summed E-state index contributed by atoms with van der Waals surface area (Å²) in [6.45, 7) is 6.84. The summed E-state index contributed by atoms with van der Waals surface area (Å²) in [4.78, 5) is 17.1. The van der Waals surface area contributed by atoms with Crippen LogP contribution in [0.3, 0.4) is 0 Å².